The average molecular weight is 496 g/mol. The molecule has 2 heterocycles. The molecule has 4 aromatic rings. The van der Waals surface area contributed by atoms with Gasteiger partial charge in [-0.25, -0.2) is 0 Å². The fourth-order valence-corrected chi connectivity index (χ4v) is 5.30. The monoisotopic (exact) mass is 495 g/mol. The Kier molecular flexibility index (Phi) is 8.02. The summed E-state index contributed by atoms with van der Waals surface area (Å²) < 4.78 is 7.76. The minimum atomic E-state index is -0.0209. The number of ether oxygens (including phenoxy) is 1. The first kappa shape index (κ1) is 25.2. The van der Waals surface area contributed by atoms with Crippen LogP contribution in [0.3, 0.4) is 0 Å². The van der Waals surface area contributed by atoms with Crippen LogP contribution in [0, 0.1) is 13.8 Å². The van der Waals surface area contributed by atoms with E-state index < -0.39 is 0 Å². The number of benzene rings is 3. The molecule has 5 heteroatoms. The fourth-order valence-electron chi connectivity index (χ4n) is 5.30. The number of morpholine rings is 1. The molecule has 1 aliphatic heterocycles. The van der Waals surface area contributed by atoms with Crippen molar-refractivity contribution >= 4 is 16.8 Å². The van der Waals surface area contributed by atoms with Crippen molar-refractivity contribution in [3.05, 3.63) is 107 Å². The van der Waals surface area contributed by atoms with Crippen molar-refractivity contribution in [2.75, 3.05) is 39.4 Å². The normalized spacial score (nSPS) is 15.1. The van der Waals surface area contributed by atoms with E-state index in [1.165, 1.54) is 38.7 Å². The van der Waals surface area contributed by atoms with Crippen molar-refractivity contribution in [3.63, 3.8) is 0 Å². The van der Waals surface area contributed by atoms with Crippen LogP contribution in [0.1, 0.15) is 40.2 Å². The SMILES string of the molecule is Cc1ccc(Cn2cc(C(CC(=O)NCCN3CCOCC3)c3cccc(C)c3)c3ccccc32)cc1. The molecule has 1 unspecified atom stereocenters. The molecular formula is C32H37N3O2. The molecule has 1 aromatic heterocycles. The van der Waals surface area contributed by atoms with Crippen LogP contribution < -0.4 is 5.32 Å². The Morgan fingerprint density at radius 2 is 1.73 bits per heavy atom. The standard InChI is InChI=1S/C32H37N3O2/c1-24-10-12-26(13-11-24)22-35-23-30(28-8-3-4-9-31(28)35)29(27-7-5-6-25(2)20-27)21-32(36)33-14-15-34-16-18-37-19-17-34/h3-13,20,23,29H,14-19,21-22H2,1-2H3,(H,33,36). The zero-order valence-corrected chi connectivity index (χ0v) is 22.0. The first-order chi connectivity index (χ1) is 18.1. The van der Waals surface area contributed by atoms with Gasteiger partial charge in [0.2, 0.25) is 5.91 Å². The maximum atomic E-state index is 13.2. The summed E-state index contributed by atoms with van der Waals surface area (Å²) in [6, 6.07) is 25.9. The number of hydrogen-bond donors (Lipinski definition) is 1. The Morgan fingerprint density at radius 3 is 2.51 bits per heavy atom. The fraction of sp³-hybridized carbons (Fsp3) is 0.344. The van der Waals surface area contributed by atoms with E-state index >= 15 is 0 Å². The third-order valence-corrected chi connectivity index (χ3v) is 7.36. The molecule has 0 spiro atoms. The summed E-state index contributed by atoms with van der Waals surface area (Å²) in [5.74, 6) is 0.0718. The Labute approximate surface area is 220 Å². The summed E-state index contributed by atoms with van der Waals surface area (Å²) in [4.78, 5) is 15.6. The van der Waals surface area contributed by atoms with Gasteiger partial charge in [-0.2, -0.15) is 0 Å². The highest BCUT2D eigenvalue weighted by Crippen LogP contribution is 2.35. The Balaban J connectivity index is 1.41. The second-order valence-corrected chi connectivity index (χ2v) is 10.2. The maximum Gasteiger partial charge on any atom is 0.220 e. The summed E-state index contributed by atoms with van der Waals surface area (Å²) in [7, 11) is 0. The molecule has 1 saturated heterocycles. The van der Waals surface area contributed by atoms with Gasteiger partial charge in [-0.1, -0.05) is 77.9 Å². The number of aryl methyl sites for hydroxylation is 2. The second-order valence-electron chi connectivity index (χ2n) is 10.2. The summed E-state index contributed by atoms with van der Waals surface area (Å²) in [5, 5.41) is 4.40. The number of carbonyl (C=O) groups is 1. The first-order valence-corrected chi connectivity index (χ1v) is 13.3. The van der Waals surface area contributed by atoms with Gasteiger partial charge in [0.15, 0.2) is 0 Å². The number of rotatable bonds is 9. The van der Waals surface area contributed by atoms with Crippen LogP contribution >= 0.6 is 0 Å². The number of aromatic nitrogens is 1. The van der Waals surface area contributed by atoms with Crippen LogP contribution in [0.15, 0.2) is 79.0 Å². The molecule has 1 N–H and O–H groups in total. The van der Waals surface area contributed by atoms with Crippen molar-refractivity contribution in [1.29, 1.82) is 0 Å². The average Bonchev–Trinajstić information content (AvgIpc) is 3.27. The van der Waals surface area contributed by atoms with E-state index in [4.69, 9.17) is 4.74 Å². The molecule has 0 bridgehead atoms. The summed E-state index contributed by atoms with van der Waals surface area (Å²) >= 11 is 0. The van der Waals surface area contributed by atoms with Gasteiger partial charge in [0.05, 0.1) is 13.2 Å². The molecule has 0 aliphatic carbocycles. The topological polar surface area (TPSA) is 46.5 Å². The predicted octanol–water partition coefficient (Wildman–Crippen LogP) is 5.28. The lowest BCUT2D eigenvalue weighted by Gasteiger charge is -2.26. The quantitative estimate of drug-likeness (QED) is 0.344. The molecular weight excluding hydrogens is 458 g/mol. The molecule has 5 nitrogen and oxygen atoms in total. The van der Waals surface area contributed by atoms with Gasteiger partial charge in [0, 0.05) is 62.2 Å². The Hall–Kier alpha value is -3.41. The highest BCUT2D eigenvalue weighted by molar-refractivity contribution is 5.86. The van der Waals surface area contributed by atoms with E-state index in [9.17, 15) is 4.79 Å². The molecule has 0 saturated carbocycles. The first-order valence-electron chi connectivity index (χ1n) is 13.3. The minimum absolute atomic E-state index is 0.0209. The van der Waals surface area contributed by atoms with Crippen molar-refractivity contribution in [1.82, 2.24) is 14.8 Å². The third-order valence-electron chi connectivity index (χ3n) is 7.36. The van der Waals surface area contributed by atoms with Crippen LogP contribution in [0.5, 0.6) is 0 Å². The molecule has 0 radical (unpaired) electrons. The van der Waals surface area contributed by atoms with Gasteiger partial charge in [-0.3, -0.25) is 9.69 Å². The van der Waals surface area contributed by atoms with E-state index in [1.54, 1.807) is 0 Å². The van der Waals surface area contributed by atoms with E-state index in [1.807, 2.05) is 0 Å². The number of amides is 1. The number of hydrogen-bond acceptors (Lipinski definition) is 3. The smallest absolute Gasteiger partial charge is 0.220 e. The van der Waals surface area contributed by atoms with Crippen LogP contribution in [-0.4, -0.2) is 54.8 Å². The van der Waals surface area contributed by atoms with Gasteiger partial charge in [-0.05, 0) is 36.6 Å². The van der Waals surface area contributed by atoms with Crippen LogP contribution in [-0.2, 0) is 16.1 Å². The summed E-state index contributed by atoms with van der Waals surface area (Å²) in [6.45, 7) is 9.97. The predicted molar refractivity (Wildman–Crippen MR) is 150 cm³/mol. The van der Waals surface area contributed by atoms with Gasteiger partial charge in [0.25, 0.3) is 0 Å². The van der Waals surface area contributed by atoms with Gasteiger partial charge in [0.1, 0.15) is 0 Å². The minimum Gasteiger partial charge on any atom is -0.379 e. The van der Waals surface area contributed by atoms with Crippen LogP contribution in [0.4, 0.5) is 0 Å². The lowest BCUT2D eigenvalue weighted by atomic mass is 9.87. The molecule has 1 atom stereocenters. The Morgan fingerprint density at radius 1 is 0.946 bits per heavy atom. The van der Waals surface area contributed by atoms with E-state index in [0.29, 0.717) is 13.0 Å². The molecule has 1 amide bonds. The molecule has 5 rings (SSSR count). The van der Waals surface area contributed by atoms with Crippen molar-refractivity contribution < 1.29 is 9.53 Å². The number of para-hydroxylation sites is 1. The van der Waals surface area contributed by atoms with E-state index in [0.717, 1.165) is 39.4 Å². The lowest BCUT2D eigenvalue weighted by Crippen LogP contribution is -2.41. The molecule has 1 aliphatic rings. The van der Waals surface area contributed by atoms with Crippen molar-refractivity contribution in [2.24, 2.45) is 0 Å². The highest BCUT2D eigenvalue weighted by atomic mass is 16.5. The van der Waals surface area contributed by atoms with Gasteiger partial charge >= 0.3 is 0 Å². The molecule has 37 heavy (non-hydrogen) atoms. The maximum absolute atomic E-state index is 13.2. The van der Waals surface area contributed by atoms with Gasteiger partial charge < -0.3 is 14.6 Å². The number of nitrogens with zero attached hydrogens (tertiary/aromatic N) is 2. The van der Waals surface area contributed by atoms with Crippen molar-refractivity contribution in [3.8, 4) is 0 Å². The lowest BCUT2D eigenvalue weighted by molar-refractivity contribution is -0.121. The molecule has 1 fully saturated rings. The molecule has 192 valence electrons. The van der Waals surface area contributed by atoms with Crippen LogP contribution in [0.25, 0.3) is 10.9 Å². The highest BCUT2D eigenvalue weighted by Gasteiger charge is 2.23. The van der Waals surface area contributed by atoms with E-state index in [-0.39, 0.29) is 11.8 Å². The number of carbonyl (C=O) groups excluding carboxylic acids is 1. The summed E-state index contributed by atoms with van der Waals surface area (Å²) in [6.07, 6.45) is 2.68. The van der Waals surface area contributed by atoms with Crippen LogP contribution in [0.2, 0.25) is 0 Å². The van der Waals surface area contributed by atoms with Gasteiger partial charge in [-0.15, -0.1) is 0 Å². The third kappa shape index (κ3) is 6.30. The largest absolute Gasteiger partial charge is 0.379 e. The number of nitrogens with one attached hydrogen (secondary N) is 1. The zero-order chi connectivity index (χ0) is 25.6. The molecule has 3 aromatic carbocycles. The zero-order valence-electron chi connectivity index (χ0n) is 22.0. The second kappa shape index (κ2) is 11.8. The van der Waals surface area contributed by atoms with E-state index in [2.05, 4.69) is 108 Å². The summed E-state index contributed by atoms with van der Waals surface area (Å²) in [5.41, 5.74) is 7.33. The Bertz CT molecular complexity index is 1340. The number of fused-ring (bicyclic) bond motifs is 1. The van der Waals surface area contributed by atoms with Crippen molar-refractivity contribution in [2.45, 2.75) is 32.7 Å².